The zero-order valence-electron chi connectivity index (χ0n) is 15.7. The van der Waals surface area contributed by atoms with Gasteiger partial charge in [-0.1, -0.05) is 6.07 Å². The maximum Gasteiger partial charge on any atom is 0.493 e. The number of halogens is 1. The second-order valence-electron chi connectivity index (χ2n) is 7.70. The van der Waals surface area contributed by atoms with Crippen LogP contribution in [-0.4, -0.2) is 22.4 Å². The van der Waals surface area contributed by atoms with Gasteiger partial charge in [-0.25, -0.2) is 13.4 Å². The monoisotopic (exact) mass is 414 g/mol. The average Bonchev–Trinajstić information content (AvgIpc) is 3.41. The van der Waals surface area contributed by atoms with Crippen LogP contribution in [0.15, 0.2) is 23.1 Å². The van der Waals surface area contributed by atoms with Gasteiger partial charge in [0.15, 0.2) is 11.0 Å². The normalized spacial score (nSPS) is 17.7. The van der Waals surface area contributed by atoms with Crippen LogP contribution in [-0.2, 0) is 47.9 Å². The van der Waals surface area contributed by atoms with Gasteiger partial charge >= 0.3 is 13.1 Å². The van der Waals surface area contributed by atoms with E-state index in [1.165, 1.54) is 28.3 Å². The van der Waals surface area contributed by atoms with Crippen LogP contribution in [0, 0.1) is 5.82 Å². The van der Waals surface area contributed by atoms with Crippen molar-refractivity contribution in [2.75, 3.05) is 5.32 Å². The molecule has 9 heteroatoms. The smallest absolute Gasteiger partial charge is 0.423 e. The summed E-state index contributed by atoms with van der Waals surface area (Å²) in [6.45, 7) is 0.0347. The lowest BCUT2D eigenvalue weighted by Crippen LogP contribution is -2.37. The van der Waals surface area contributed by atoms with Crippen LogP contribution in [0.25, 0.3) is 0 Å². The highest BCUT2D eigenvalue weighted by molar-refractivity contribution is 7.84. The van der Waals surface area contributed by atoms with Crippen LogP contribution >= 0.6 is 0 Å². The topological polar surface area (TPSA) is 87.7 Å². The molecule has 1 heterocycles. The molecule has 0 bridgehead atoms. The lowest BCUT2D eigenvalue weighted by molar-refractivity contribution is 0.257. The van der Waals surface area contributed by atoms with Gasteiger partial charge < -0.3 is 15.0 Å². The predicted molar refractivity (Wildman–Crippen MR) is 108 cm³/mol. The van der Waals surface area contributed by atoms with E-state index in [9.17, 15) is 18.4 Å². The number of benzene rings is 2. The Labute approximate surface area is 170 Å². The number of hydrogen-bond donors (Lipinski definition) is 3. The first-order valence-electron chi connectivity index (χ1n) is 9.79. The molecule has 150 valence electrons. The molecule has 0 saturated carbocycles. The molecule has 3 aliphatic rings. The molecule has 2 aromatic carbocycles. The first kappa shape index (κ1) is 18.8. The van der Waals surface area contributed by atoms with Crippen molar-refractivity contribution < 1.29 is 23.1 Å². The highest BCUT2D eigenvalue weighted by Gasteiger charge is 2.33. The van der Waals surface area contributed by atoms with Gasteiger partial charge in [-0.05, 0) is 78.5 Å². The van der Waals surface area contributed by atoms with E-state index in [1.807, 2.05) is 0 Å². The molecular weight excluding hydrogens is 394 g/mol. The fraction of sp³-hybridized carbons (Fsp3) is 0.350. The number of hydrogen-bond acceptors (Lipinski definition) is 4. The van der Waals surface area contributed by atoms with Crippen LogP contribution in [0.5, 0.6) is 0 Å². The Kier molecular flexibility index (Phi) is 4.68. The largest absolute Gasteiger partial charge is 0.493 e. The highest BCUT2D eigenvalue weighted by Crippen LogP contribution is 2.38. The van der Waals surface area contributed by atoms with Gasteiger partial charge in [0.2, 0.25) is 0 Å². The molecular formula is C20H20BFN2O4S. The summed E-state index contributed by atoms with van der Waals surface area (Å²) in [5, 5.41) is 12.9. The number of carbonyl (C=O) groups excluding carboxylic acids is 1. The number of amides is 2. The summed E-state index contributed by atoms with van der Waals surface area (Å²) < 4.78 is 34.2. The van der Waals surface area contributed by atoms with Gasteiger partial charge in [0.25, 0.3) is 0 Å². The molecule has 0 aromatic heterocycles. The minimum absolute atomic E-state index is 0.0173. The molecule has 6 nitrogen and oxygen atoms in total. The number of anilines is 1. The molecule has 0 spiro atoms. The predicted octanol–water partition coefficient (Wildman–Crippen LogP) is 1.87. The zero-order valence-corrected chi connectivity index (χ0v) is 16.5. The molecule has 3 N–H and O–H groups in total. The number of aryl methyl sites for hydroxylation is 2. The van der Waals surface area contributed by atoms with E-state index < -0.39 is 30.0 Å². The summed E-state index contributed by atoms with van der Waals surface area (Å²) in [6, 6.07) is 3.96. The van der Waals surface area contributed by atoms with Crippen LogP contribution in [0.2, 0.25) is 0 Å². The third kappa shape index (κ3) is 3.27. The Balaban J connectivity index is 1.40. The zero-order chi connectivity index (χ0) is 20.1. The second-order valence-corrected chi connectivity index (χ2v) is 8.88. The van der Waals surface area contributed by atoms with Gasteiger partial charge in [-0.2, -0.15) is 0 Å². The Hall–Kier alpha value is -2.23. The van der Waals surface area contributed by atoms with Gasteiger partial charge in [0.1, 0.15) is 5.82 Å². The van der Waals surface area contributed by atoms with Crippen molar-refractivity contribution in [3.05, 3.63) is 51.8 Å². The molecule has 29 heavy (non-hydrogen) atoms. The van der Waals surface area contributed by atoms with E-state index in [-0.39, 0.29) is 17.0 Å². The van der Waals surface area contributed by atoms with E-state index in [1.54, 1.807) is 0 Å². The Morgan fingerprint density at radius 1 is 1.07 bits per heavy atom. The average molecular weight is 414 g/mol. The minimum atomic E-state index is -2.04. The lowest BCUT2D eigenvalue weighted by Gasteiger charge is -2.17. The lowest BCUT2D eigenvalue weighted by atomic mass is 9.79. The number of urea groups is 1. The molecule has 1 aliphatic heterocycles. The molecule has 1 atom stereocenters. The second kappa shape index (κ2) is 7.23. The Morgan fingerprint density at radius 3 is 2.45 bits per heavy atom. The fourth-order valence-corrected chi connectivity index (χ4v) is 5.68. The first-order valence-corrected chi connectivity index (χ1v) is 10.9. The third-order valence-electron chi connectivity index (χ3n) is 5.93. The maximum absolute atomic E-state index is 13.9. The molecule has 1 unspecified atom stereocenters. The quantitative estimate of drug-likeness (QED) is 0.670. The van der Waals surface area contributed by atoms with E-state index in [0.29, 0.717) is 5.56 Å². The van der Waals surface area contributed by atoms with Gasteiger partial charge in [0, 0.05) is 11.2 Å². The summed E-state index contributed by atoms with van der Waals surface area (Å²) in [7, 11) is -3.32. The van der Waals surface area contributed by atoms with E-state index in [0.717, 1.165) is 50.3 Å². The number of fused-ring (bicyclic) bond motifs is 3. The van der Waals surface area contributed by atoms with Crippen molar-refractivity contribution in [1.82, 2.24) is 4.72 Å². The van der Waals surface area contributed by atoms with Crippen molar-refractivity contribution in [2.45, 2.75) is 50.0 Å². The van der Waals surface area contributed by atoms with E-state index in [4.69, 9.17) is 4.65 Å². The summed E-state index contributed by atoms with van der Waals surface area (Å²) in [4.78, 5) is 12.7. The maximum atomic E-state index is 13.9. The molecule has 0 saturated heterocycles. The first-order chi connectivity index (χ1) is 14.0. The summed E-state index contributed by atoms with van der Waals surface area (Å²) in [5.41, 5.74) is 6.43. The van der Waals surface area contributed by atoms with Crippen LogP contribution in [0.3, 0.4) is 0 Å². The summed E-state index contributed by atoms with van der Waals surface area (Å²) >= 11 is 0. The standard InChI is InChI=1S/C20H20BFN2O4S/c22-14-8-13-10-28-21(26)18(13)17(9-14)29(27)24-20(25)23-19-15-5-1-3-11(15)7-12-4-2-6-16(12)19/h7-9,26H,1-6,10H2,(H2,23,24,25). The summed E-state index contributed by atoms with van der Waals surface area (Å²) in [6.07, 6.45) is 5.99. The molecule has 2 aromatic rings. The van der Waals surface area contributed by atoms with Crippen LogP contribution in [0.4, 0.5) is 14.9 Å². The Bertz CT molecular complexity index is 1030. The number of carbonyl (C=O) groups is 1. The Morgan fingerprint density at radius 2 is 1.76 bits per heavy atom. The molecule has 2 amide bonds. The van der Waals surface area contributed by atoms with E-state index >= 15 is 0 Å². The molecule has 0 fully saturated rings. The van der Waals surface area contributed by atoms with Gasteiger partial charge in [-0.3, -0.25) is 4.72 Å². The highest BCUT2D eigenvalue weighted by atomic mass is 32.2. The van der Waals surface area contributed by atoms with Crippen molar-refractivity contribution in [3.63, 3.8) is 0 Å². The third-order valence-corrected chi connectivity index (χ3v) is 7.04. The fourth-order valence-electron chi connectivity index (χ4n) is 4.70. The summed E-state index contributed by atoms with van der Waals surface area (Å²) in [5.74, 6) is -0.592. The van der Waals surface area contributed by atoms with Crippen LogP contribution < -0.4 is 15.5 Å². The van der Waals surface area contributed by atoms with Crippen molar-refractivity contribution in [3.8, 4) is 0 Å². The van der Waals surface area contributed by atoms with Crippen molar-refractivity contribution in [1.29, 1.82) is 0 Å². The number of nitrogens with one attached hydrogen (secondary N) is 2. The van der Waals surface area contributed by atoms with Gasteiger partial charge in [0.05, 0.1) is 11.5 Å². The van der Waals surface area contributed by atoms with Gasteiger partial charge in [-0.15, -0.1) is 0 Å². The molecule has 2 aliphatic carbocycles. The van der Waals surface area contributed by atoms with E-state index in [2.05, 4.69) is 16.1 Å². The van der Waals surface area contributed by atoms with Crippen LogP contribution in [0.1, 0.15) is 40.7 Å². The molecule has 0 radical (unpaired) electrons. The van der Waals surface area contributed by atoms with Crippen molar-refractivity contribution in [2.24, 2.45) is 0 Å². The molecule has 5 rings (SSSR count). The SMILES string of the molecule is O=C(Nc1c2c(cc3c1CCC3)CCC2)NS(=O)c1cc(F)cc2c1B(O)OC2. The minimum Gasteiger partial charge on any atom is -0.423 e. The van der Waals surface area contributed by atoms with Crippen molar-refractivity contribution >= 4 is 35.3 Å². The number of rotatable bonds is 3.